The molecular formula is C21H18F2N4O4S. The standard InChI is InChI=1S/C21H18F2N4O4S/c1-2-8-32(29,30)27-15-6-5-14(22)18(19(15)23)16(28)10-12-9-13-20(17-4-3-7-31-17)25-26-21(13)24-11-12/h3-7,9,11,27H,2,8,10H2,1H3,(H,24,25,26). The van der Waals surface area contributed by atoms with Gasteiger partial charge in [0.05, 0.1) is 28.7 Å². The molecule has 0 bridgehead atoms. The molecule has 3 aromatic heterocycles. The summed E-state index contributed by atoms with van der Waals surface area (Å²) >= 11 is 0. The molecule has 0 amide bonds. The smallest absolute Gasteiger partial charge is 0.232 e. The van der Waals surface area contributed by atoms with Crippen molar-refractivity contribution < 1.29 is 26.4 Å². The van der Waals surface area contributed by atoms with E-state index in [4.69, 9.17) is 4.42 Å². The SMILES string of the molecule is CCCS(=O)(=O)Nc1ccc(F)c(C(=O)Cc2cnc3n[nH]c(-c4ccco4)c3c2)c1F. The van der Waals surface area contributed by atoms with Gasteiger partial charge < -0.3 is 4.42 Å². The number of carbonyl (C=O) groups is 1. The number of halogens is 2. The largest absolute Gasteiger partial charge is 0.463 e. The fraction of sp³-hybridized carbons (Fsp3) is 0.190. The minimum Gasteiger partial charge on any atom is -0.463 e. The molecule has 4 aromatic rings. The number of rotatable bonds is 8. The number of aromatic amines is 1. The van der Waals surface area contributed by atoms with Gasteiger partial charge in [0.1, 0.15) is 11.5 Å². The summed E-state index contributed by atoms with van der Waals surface area (Å²) in [7, 11) is -3.82. The summed E-state index contributed by atoms with van der Waals surface area (Å²) in [4.78, 5) is 16.9. The molecule has 0 aliphatic heterocycles. The van der Waals surface area contributed by atoms with Crippen LogP contribution in [0, 0.1) is 11.6 Å². The molecule has 32 heavy (non-hydrogen) atoms. The number of anilines is 1. The molecule has 0 saturated carbocycles. The lowest BCUT2D eigenvalue weighted by atomic mass is 10.0. The minimum absolute atomic E-state index is 0.235. The second kappa shape index (κ2) is 8.50. The number of nitrogens with one attached hydrogen (secondary N) is 2. The van der Waals surface area contributed by atoms with Crippen LogP contribution in [0.2, 0.25) is 0 Å². The van der Waals surface area contributed by atoms with E-state index < -0.39 is 38.7 Å². The van der Waals surface area contributed by atoms with Gasteiger partial charge in [-0.1, -0.05) is 6.92 Å². The average Bonchev–Trinajstić information content (AvgIpc) is 3.39. The molecule has 166 valence electrons. The Morgan fingerprint density at radius 1 is 1.25 bits per heavy atom. The molecule has 0 fully saturated rings. The molecule has 8 nitrogen and oxygen atoms in total. The maximum absolute atomic E-state index is 14.9. The molecule has 0 saturated heterocycles. The average molecular weight is 460 g/mol. The number of furan rings is 1. The number of nitrogens with zero attached hydrogens (tertiary/aromatic N) is 2. The van der Waals surface area contributed by atoms with E-state index in [9.17, 15) is 22.0 Å². The number of pyridine rings is 1. The minimum atomic E-state index is -3.82. The Hall–Kier alpha value is -3.60. The highest BCUT2D eigenvalue weighted by Gasteiger charge is 2.23. The molecule has 0 atom stereocenters. The Kier molecular flexibility index (Phi) is 5.74. The molecule has 0 radical (unpaired) electrons. The fourth-order valence-corrected chi connectivity index (χ4v) is 4.43. The monoisotopic (exact) mass is 460 g/mol. The number of aromatic nitrogens is 3. The van der Waals surface area contributed by atoms with Crippen LogP contribution in [0.5, 0.6) is 0 Å². The van der Waals surface area contributed by atoms with Crippen molar-refractivity contribution in [2.45, 2.75) is 19.8 Å². The van der Waals surface area contributed by atoms with Crippen molar-refractivity contribution in [3.63, 3.8) is 0 Å². The Balaban J connectivity index is 1.65. The fourth-order valence-electron chi connectivity index (χ4n) is 3.30. The molecule has 0 aliphatic rings. The van der Waals surface area contributed by atoms with Crippen molar-refractivity contribution in [3.8, 4) is 11.5 Å². The van der Waals surface area contributed by atoms with Crippen LogP contribution in [0.25, 0.3) is 22.5 Å². The van der Waals surface area contributed by atoms with Gasteiger partial charge in [-0.3, -0.25) is 14.6 Å². The number of hydrogen-bond acceptors (Lipinski definition) is 6. The Bertz CT molecular complexity index is 1400. The summed E-state index contributed by atoms with van der Waals surface area (Å²) in [5.74, 6) is -2.92. The number of fused-ring (bicyclic) bond motifs is 1. The summed E-state index contributed by atoms with van der Waals surface area (Å²) in [6.45, 7) is 1.65. The van der Waals surface area contributed by atoms with E-state index in [1.807, 2.05) is 0 Å². The third kappa shape index (κ3) is 4.24. The number of sulfonamides is 1. The highest BCUT2D eigenvalue weighted by Crippen LogP contribution is 2.28. The quantitative estimate of drug-likeness (QED) is 0.383. The number of ketones is 1. The van der Waals surface area contributed by atoms with Crippen LogP contribution in [0.3, 0.4) is 0 Å². The lowest BCUT2D eigenvalue weighted by Crippen LogP contribution is -2.19. The zero-order chi connectivity index (χ0) is 22.9. The van der Waals surface area contributed by atoms with E-state index in [0.717, 1.165) is 12.1 Å². The topological polar surface area (TPSA) is 118 Å². The summed E-state index contributed by atoms with van der Waals surface area (Å²) in [5, 5.41) is 7.46. The number of H-pyrrole nitrogens is 1. The van der Waals surface area contributed by atoms with Gasteiger partial charge in [-0.2, -0.15) is 5.10 Å². The van der Waals surface area contributed by atoms with Gasteiger partial charge in [0.2, 0.25) is 10.0 Å². The molecule has 4 rings (SSSR count). The zero-order valence-electron chi connectivity index (χ0n) is 16.9. The van der Waals surface area contributed by atoms with Gasteiger partial charge in [-0.05, 0) is 42.3 Å². The summed E-state index contributed by atoms with van der Waals surface area (Å²) in [6.07, 6.45) is 2.84. The molecule has 0 aliphatic carbocycles. The van der Waals surface area contributed by atoms with Gasteiger partial charge in [0.15, 0.2) is 23.0 Å². The van der Waals surface area contributed by atoms with Crippen molar-refractivity contribution in [2.75, 3.05) is 10.5 Å². The first kappa shape index (κ1) is 21.6. The zero-order valence-corrected chi connectivity index (χ0v) is 17.7. The third-order valence-corrected chi connectivity index (χ3v) is 6.18. The maximum atomic E-state index is 14.9. The van der Waals surface area contributed by atoms with Crippen LogP contribution in [0.4, 0.5) is 14.5 Å². The molecule has 1 aromatic carbocycles. The first-order valence-corrected chi connectivity index (χ1v) is 11.3. The Morgan fingerprint density at radius 2 is 2.06 bits per heavy atom. The van der Waals surface area contributed by atoms with Crippen LogP contribution >= 0.6 is 0 Å². The van der Waals surface area contributed by atoms with Gasteiger partial charge in [0.25, 0.3) is 0 Å². The van der Waals surface area contributed by atoms with Crippen LogP contribution in [-0.2, 0) is 16.4 Å². The van der Waals surface area contributed by atoms with Crippen molar-refractivity contribution in [3.05, 3.63) is 65.6 Å². The van der Waals surface area contributed by atoms with E-state index in [2.05, 4.69) is 19.9 Å². The van der Waals surface area contributed by atoms with Gasteiger partial charge >= 0.3 is 0 Å². The van der Waals surface area contributed by atoms with Gasteiger partial charge in [0, 0.05) is 12.6 Å². The Labute approximate surface area is 181 Å². The number of carbonyl (C=O) groups excluding carboxylic acids is 1. The Morgan fingerprint density at radius 3 is 2.78 bits per heavy atom. The summed E-state index contributed by atoms with van der Waals surface area (Å²) in [6, 6.07) is 6.86. The molecular weight excluding hydrogens is 442 g/mol. The molecule has 0 spiro atoms. The first-order chi connectivity index (χ1) is 15.3. The second-order valence-electron chi connectivity index (χ2n) is 7.10. The van der Waals surface area contributed by atoms with Crippen LogP contribution in [0.15, 0.2) is 47.2 Å². The predicted molar refractivity (Wildman–Crippen MR) is 114 cm³/mol. The van der Waals surface area contributed by atoms with Crippen LogP contribution in [-0.4, -0.2) is 35.1 Å². The molecule has 0 unspecified atom stereocenters. The van der Waals surface area contributed by atoms with Crippen molar-refractivity contribution in [1.29, 1.82) is 0 Å². The highest BCUT2D eigenvalue weighted by atomic mass is 32.2. The van der Waals surface area contributed by atoms with Crippen molar-refractivity contribution >= 4 is 32.5 Å². The van der Waals surface area contributed by atoms with E-state index in [1.165, 1.54) is 12.5 Å². The summed E-state index contributed by atoms with van der Waals surface area (Å²) in [5.41, 5.74) is 0.0354. The first-order valence-electron chi connectivity index (χ1n) is 9.67. The molecule has 2 N–H and O–H groups in total. The van der Waals surface area contributed by atoms with Crippen LogP contribution in [0.1, 0.15) is 29.3 Å². The normalized spacial score (nSPS) is 11.7. The van der Waals surface area contributed by atoms with E-state index >= 15 is 0 Å². The molecule has 11 heteroatoms. The predicted octanol–water partition coefficient (Wildman–Crippen LogP) is 4.07. The molecule has 3 heterocycles. The highest BCUT2D eigenvalue weighted by molar-refractivity contribution is 7.92. The van der Waals surface area contributed by atoms with Crippen LogP contribution < -0.4 is 4.72 Å². The van der Waals surface area contributed by atoms with Gasteiger partial charge in [-0.15, -0.1) is 0 Å². The lowest BCUT2D eigenvalue weighted by molar-refractivity contribution is 0.0985. The maximum Gasteiger partial charge on any atom is 0.232 e. The van der Waals surface area contributed by atoms with E-state index in [-0.39, 0.29) is 12.2 Å². The van der Waals surface area contributed by atoms with Gasteiger partial charge in [-0.25, -0.2) is 22.2 Å². The number of benzene rings is 1. The van der Waals surface area contributed by atoms with Crippen molar-refractivity contribution in [1.82, 2.24) is 15.2 Å². The number of hydrogen-bond donors (Lipinski definition) is 2. The van der Waals surface area contributed by atoms with E-state index in [1.54, 1.807) is 25.1 Å². The van der Waals surface area contributed by atoms with E-state index in [0.29, 0.717) is 34.5 Å². The summed E-state index contributed by atoms with van der Waals surface area (Å²) < 4.78 is 60.5. The van der Waals surface area contributed by atoms with Crippen molar-refractivity contribution in [2.24, 2.45) is 0 Å². The lowest BCUT2D eigenvalue weighted by Gasteiger charge is -2.11. The third-order valence-electron chi connectivity index (χ3n) is 4.71. The number of Topliss-reactive ketones (excluding diaryl/α,β-unsaturated/α-hetero) is 1. The second-order valence-corrected chi connectivity index (χ2v) is 8.94.